The Balaban J connectivity index is 2.64. The summed E-state index contributed by atoms with van der Waals surface area (Å²) in [4.78, 5) is 14.2. The zero-order valence-corrected chi connectivity index (χ0v) is 9.04. The Morgan fingerprint density at radius 2 is 2.12 bits per heavy atom. The summed E-state index contributed by atoms with van der Waals surface area (Å²) in [6.07, 6.45) is 2.27. The van der Waals surface area contributed by atoms with Gasteiger partial charge in [0, 0.05) is 31.0 Å². The fraction of sp³-hybridized carbons (Fsp3) is 0.364. The molecule has 1 aromatic carbocycles. The third kappa shape index (κ3) is 3.78. The molecule has 0 bridgehead atoms. The molecule has 0 aliphatic rings. The van der Waals surface area contributed by atoms with Crippen molar-refractivity contribution in [3.63, 3.8) is 0 Å². The third-order valence-corrected chi connectivity index (χ3v) is 2.13. The van der Waals surface area contributed by atoms with Gasteiger partial charge < -0.3 is 5.11 Å². The fourth-order valence-corrected chi connectivity index (χ4v) is 1.16. The van der Waals surface area contributed by atoms with E-state index in [-0.39, 0.29) is 18.3 Å². The van der Waals surface area contributed by atoms with Gasteiger partial charge in [-0.05, 0) is 31.0 Å². The number of benzene rings is 1. The molecule has 86 valence electrons. The molecule has 1 rings (SSSR count). The summed E-state index contributed by atoms with van der Waals surface area (Å²) >= 11 is 0. The smallest absolute Gasteiger partial charge is 0.269 e. The topological polar surface area (TPSA) is 75.7 Å². The molecule has 5 heteroatoms. The number of hydrogen-bond donors (Lipinski definition) is 1. The largest absolute Gasteiger partial charge is 0.396 e. The van der Waals surface area contributed by atoms with E-state index in [9.17, 15) is 10.1 Å². The van der Waals surface area contributed by atoms with Crippen LogP contribution in [0.1, 0.15) is 18.9 Å². The van der Waals surface area contributed by atoms with Crippen LogP contribution in [0.15, 0.2) is 29.3 Å². The Labute approximate surface area is 93.6 Å². The minimum atomic E-state index is -0.435. The van der Waals surface area contributed by atoms with Crippen LogP contribution in [0.25, 0.3) is 0 Å². The van der Waals surface area contributed by atoms with E-state index < -0.39 is 4.92 Å². The molecular formula is C11H14N2O3. The van der Waals surface area contributed by atoms with Crippen LogP contribution in [0.2, 0.25) is 0 Å². The van der Waals surface area contributed by atoms with Crippen molar-refractivity contribution in [2.24, 2.45) is 4.99 Å². The molecule has 0 aromatic heterocycles. The first-order chi connectivity index (χ1) is 7.63. The highest BCUT2D eigenvalue weighted by Gasteiger charge is 2.02. The zero-order chi connectivity index (χ0) is 12.0. The number of aliphatic hydroxyl groups excluding tert-OH is 1. The molecule has 5 nitrogen and oxygen atoms in total. The average molecular weight is 222 g/mol. The van der Waals surface area contributed by atoms with Crippen molar-refractivity contribution in [3.05, 3.63) is 39.9 Å². The molecule has 16 heavy (non-hydrogen) atoms. The molecule has 1 unspecified atom stereocenters. The second-order valence-electron chi connectivity index (χ2n) is 3.49. The van der Waals surface area contributed by atoms with Gasteiger partial charge in [0.15, 0.2) is 0 Å². The van der Waals surface area contributed by atoms with Crippen LogP contribution in [-0.4, -0.2) is 28.9 Å². The quantitative estimate of drug-likeness (QED) is 0.468. The van der Waals surface area contributed by atoms with Crippen LogP contribution in [0.3, 0.4) is 0 Å². The summed E-state index contributed by atoms with van der Waals surface area (Å²) in [6.45, 7) is 2.01. The maximum Gasteiger partial charge on any atom is 0.269 e. The molecular weight excluding hydrogens is 208 g/mol. The normalized spacial score (nSPS) is 12.9. The van der Waals surface area contributed by atoms with Gasteiger partial charge >= 0.3 is 0 Å². The standard InChI is InChI=1S/C11H14N2O3/c1-9(6-7-14)12-8-10-2-4-11(5-3-10)13(15)16/h2-5,8-9,14H,6-7H2,1H3. The summed E-state index contributed by atoms with van der Waals surface area (Å²) in [5.74, 6) is 0. The summed E-state index contributed by atoms with van der Waals surface area (Å²) in [5, 5.41) is 19.1. The second-order valence-corrected chi connectivity index (χ2v) is 3.49. The Morgan fingerprint density at radius 3 is 2.62 bits per heavy atom. The number of nitro groups is 1. The summed E-state index contributed by atoms with van der Waals surface area (Å²) in [6, 6.07) is 6.23. The van der Waals surface area contributed by atoms with Crippen LogP contribution < -0.4 is 0 Å². The number of aliphatic hydroxyl groups is 1. The number of rotatable bonds is 5. The highest BCUT2D eigenvalue weighted by Crippen LogP contribution is 2.10. The van der Waals surface area contributed by atoms with Crippen LogP contribution in [0.4, 0.5) is 5.69 Å². The molecule has 0 aliphatic carbocycles. The Kier molecular flexibility index (Phi) is 4.60. The fourth-order valence-electron chi connectivity index (χ4n) is 1.16. The van der Waals surface area contributed by atoms with Crippen molar-refractivity contribution in [2.45, 2.75) is 19.4 Å². The Hall–Kier alpha value is -1.75. The Morgan fingerprint density at radius 1 is 1.50 bits per heavy atom. The zero-order valence-electron chi connectivity index (χ0n) is 9.04. The van der Waals surface area contributed by atoms with Gasteiger partial charge in [0.05, 0.1) is 4.92 Å². The van der Waals surface area contributed by atoms with Gasteiger partial charge in [-0.1, -0.05) is 0 Å². The number of nitro benzene ring substituents is 1. The first-order valence-electron chi connectivity index (χ1n) is 5.02. The molecule has 0 saturated carbocycles. The molecule has 1 N–H and O–H groups in total. The SMILES string of the molecule is CC(CCO)N=Cc1ccc([N+](=O)[O-])cc1. The maximum atomic E-state index is 10.4. The molecule has 0 amide bonds. The van der Waals surface area contributed by atoms with Crippen LogP contribution >= 0.6 is 0 Å². The number of aliphatic imine (C=N–C) groups is 1. The maximum absolute atomic E-state index is 10.4. The van der Waals surface area contributed by atoms with Gasteiger partial charge in [-0.3, -0.25) is 15.1 Å². The van der Waals surface area contributed by atoms with Crippen LogP contribution in [-0.2, 0) is 0 Å². The number of non-ortho nitro benzene ring substituents is 1. The van der Waals surface area contributed by atoms with E-state index in [1.807, 2.05) is 6.92 Å². The van der Waals surface area contributed by atoms with Gasteiger partial charge in [0.2, 0.25) is 0 Å². The lowest BCUT2D eigenvalue weighted by atomic mass is 10.2. The highest BCUT2D eigenvalue weighted by molar-refractivity contribution is 5.80. The Bertz CT molecular complexity index is 373. The van der Waals surface area contributed by atoms with Crippen molar-refractivity contribution >= 4 is 11.9 Å². The monoisotopic (exact) mass is 222 g/mol. The molecule has 0 heterocycles. The van der Waals surface area contributed by atoms with E-state index in [0.717, 1.165) is 5.56 Å². The van der Waals surface area contributed by atoms with E-state index in [0.29, 0.717) is 6.42 Å². The predicted molar refractivity (Wildman–Crippen MR) is 61.9 cm³/mol. The molecule has 0 aliphatic heterocycles. The molecule has 1 atom stereocenters. The lowest BCUT2D eigenvalue weighted by Crippen LogP contribution is -2.01. The minimum absolute atomic E-state index is 0.0557. The molecule has 0 saturated heterocycles. The first-order valence-corrected chi connectivity index (χ1v) is 5.02. The molecule has 1 aromatic rings. The van der Waals surface area contributed by atoms with Crippen LogP contribution in [0.5, 0.6) is 0 Å². The summed E-state index contributed by atoms with van der Waals surface area (Å²) < 4.78 is 0. The summed E-state index contributed by atoms with van der Waals surface area (Å²) in [7, 11) is 0. The molecule has 0 spiro atoms. The number of hydrogen-bond acceptors (Lipinski definition) is 4. The van der Waals surface area contributed by atoms with Crippen molar-refractivity contribution in [3.8, 4) is 0 Å². The van der Waals surface area contributed by atoms with Crippen molar-refractivity contribution in [1.82, 2.24) is 0 Å². The average Bonchev–Trinajstić information content (AvgIpc) is 2.27. The van der Waals surface area contributed by atoms with Gasteiger partial charge in [0.25, 0.3) is 5.69 Å². The molecule has 0 fully saturated rings. The van der Waals surface area contributed by atoms with Gasteiger partial charge in [-0.25, -0.2) is 0 Å². The highest BCUT2D eigenvalue weighted by atomic mass is 16.6. The second kappa shape index (κ2) is 5.97. The van der Waals surface area contributed by atoms with Crippen molar-refractivity contribution < 1.29 is 10.0 Å². The van der Waals surface area contributed by atoms with E-state index in [1.165, 1.54) is 12.1 Å². The minimum Gasteiger partial charge on any atom is -0.396 e. The lowest BCUT2D eigenvalue weighted by molar-refractivity contribution is -0.384. The summed E-state index contributed by atoms with van der Waals surface area (Å²) in [5.41, 5.74) is 0.885. The molecule has 0 radical (unpaired) electrons. The van der Waals surface area contributed by atoms with E-state index in [4.69, 9.17) is 5.11 Å². The van der Waals surface area contributed by atoms with Crippen molar-refractivity contribution in [1.29, 1.82) is 0 Å². The first kappa shape index (κ1) is 12.3. The van der Waals surface area contributed by atoms with Crippen molar-refractivity contribution in [2.75, 3.05) is 6.61 Å². The van der Waals surface area contributed by atoms with Gasteiger partial charge in [-0.15, -0.1) is 0 Å². The van der Waals surface area contributed by atoms with E-state index in [1.54, 1.807) is 18.3 Å². The van der Waals surface area contributed by atoms with Gasteiger partial charge in [-0.2, -0.15) is 0 Å². The van der Waals surface area contributed by atoms with E-state index in [2.05, 4.69) is 4.99 Å². The van der Waals surface area contributed by atoms with Crippen LogP contribution in [0, 0.1) is 10.1 Å². The van der Waals surface area contributed by atoms with Gasteiger partial charge in [0.1, 0.15) is 0 Å². The van der Waals surface area contributed by atoms with E-state index >= 15 is 0 Å². The number of nitrogens with zero attached hydrogens (tertiary/aromatic N) is 2. The third-order valence-electron chi connectivity index (χ3n) is 2.13. The predicted octanol–water partition coefficient (Wildman–Crippen LogP) is 1.78. The lowest BCUT2D eigenvalue weighted by Gasteiger charge is -2.01.